The van der Waals surface area contributed by atoms with E-state index in [1.54, 1.807) is 0 Å². The summed E-state index contributed by atoms with van der Waals surface area (Å²) in [4.78, 5) is 14.5. The van der Waals surface area contributed by atoms with Gasteiger partial charge in [-0.1, -0.05) is 6.07 Å². The zero-order chi connectivity index (χ0) is 14.7. The number of rotatable bonds is 4. The van der Waals surface area contributed by atoms with E-state index in [4.69, 9.17) is 4.74 Å². The van der Waals surface area contributed by atoms with Crippen LogP contribution in [0.2, 0.25) is 0 Å². The maximum absolute atomic E-state index is 12.5. The van der Waals surface area contributed by atoms with Crippen molar-refractivity contribution in [3.8, 4) is 0 Å². The standard InChI is InChI=1S/C16H23NO3/c1-11-6-13(3)15(7-12(11)2)16(19)8-17-4-5-20-10-14(17)9-18/h6-7,14,18H,4-5,8-10H2,1-3H3. The number of Topliss-reactive ketones (excluding diaryl/α,β-unsaturated/α-hetero) is 1. The predicted octanol–water partition coefficient (Wildman–Crippen LogP) is 1.49. The molecule has 1 aliphatic rings. The number of hydrogen-bond acceptors (Lipinski definition) is 4. The van der Waals surface area contributed by atoms with Gasteiger partial charge in [-0.2, -0.15) is 0 Å². The largest absolute Gasteiger partial charge is 0.395 e. The minimum Gasteiger partial charge on any atom is -0.395 e. The highest BCUT2D eigenvalue weighted by atomic mass is 16.5. The van der Waals surface area contributed by atoms with Crippen LogP contribution in [0.25, 0.3) is 0 Å². The maximum atomic E-state index is 12.5. The Kier molecular flexibility index (Phi) is 4.91. The van der Waals surface area contributed by atoms with Gasteiger partial charge in [-0.05, 0) is 43.5 Å². The van der Waals surface area contributed by atoms with E-state index in [-0.39, 0.29) is 18.4 Å². The van der Waals surface area contributed by atoms with Gasteiger partial charge >= 0.3 is 0 Å². The van der Waals surface area contributed by atoms with E-state index >= 15 is 0 Å². The van der Waals surface area contributed by atoms with Crippen molar-refractivity contribution in [1.29, 1.82) is 0 Å². The number of hydrogen-bond donors (Lipinski definition) is 1. The molecule has 1 unspecified atom stereocenters. The van der Waals surface area contributed by atoms with Gasteiger partial charge in [-0.3, -0.25) is 9.69 Å². The average Bonchev–Trinajstić information content (AvgIpc) is 2.43. The van der Waals surface area contributed by atoms with Gasteiger partial charge in [0.2, 0.25) is 0 Å². The molecule has 0 bridgehead atoms. The van der Waals surface area contributed by atoms with Crippen LogP contribution in [0, 0.1) is 20.8 Å². The Labute approximate surface area is 120 Å². The lowest BCUT2D eigenvalue weighted by atomic mass is 9.97. The van der Waals surface area contributed by atoms with E-state index < -0.39 is 0 Å². The summed E-state index contributed by atoms with van der Waals surface area (Å²) >= 11 is 0. The maximum Gasteiger partial charge on any atom is 0.177 e. The van der Waals surface area contributed by atoms with Gasteiger partial charge in [-0.25, -0.2) is 0 Å². The molecule has 4 nitrogen and oxygen atoms in total. The second kappa shape index (κ2) is 6.48. The molecule has 1 N–H and O–H groups in total. The first kappa shape index (κ1) is 15.2. The number of aliphatic hydroxyl groups is 1. The number of ketones is 1. The van der Waals surface area contributed by atoms with Crippen molar-refractivity contribution in [2.75, 3.05) is 32.9 Å². The van der Waals surface area contributed by atoms with Gasteiger partial charge in [0.15, 0.2) is 5.78 Å². The Hall–Kier alpha value is -1.23. The summed E-state index contributed by atoms with van der Waals surface area (Å²) < 4.78 is 5.34. The van der Waals surface area contributed by atoms with Gasteiger partial charge in [0.05, 0.1) is 32.4 Å². The number of aliphatic hydroxyl groups excluding tert-OH is 1. The van der Waals surface area contributed by atoms with Gasteiger partial charge in [-0.15, -0.1) is 0 Å². The van der Waals surface area contributed by atoms with Crippen molar-refractivity contribution in [3.63, 3.8) is 0 Å². The lowest BCUT2D eigenvalue weighted by molar-refractivity contribution is -0.0240. The first-order valence-corrected chi connectivity index (χ1v) is 7.06. The molecule has 0 aromatic heterocycles. The van der Waals surface area contributed by atoms with Crippen LogP contribution < -0.4 is 0 Å². The molecule has 1 heterocycles. The first-order valence-electron chi connectivity index (χ1n) is 7.06. The van der Waals surface area contributed by atoms with E-state index in [0.717, 1.165) is 16.7 Å². The minimum absolute atomic E-state index is 0.0270. The van der Waals surface area contributed by atoms with Crippen molar-refractivity contribution in [1.82, 2.24) is 4.90 Å². The first-order chi connectivity index (χ1) is 9.52. The van der Waals surface area contributed by atoms with Crippen molar-refractivity contribution in [3.05, 3.63) is 34.4 Å². The SMILES string of the molecule is Cc1cc(C)c(C(=O)CN2CCOCC2CO)cc1C. The molecule has 110 valence electrons. The van der Waals surface area contributed by atoms with E-state index in [0.29, 0.717) is 26.3 Å². The Morgan fingerprint density at radius 1 is 1.30 bits per heavy atom. The molecule has 0 amide bonds. The summed E-state index contributed by atoms with van der Waals surface area (Å²) in [6, 6.07) is 3.96. The summed E-state index contributed by atoms with van der Waals surface area (Å²) in [5.41, 5.74) is 4.15. The van der Waals surface area contributed by atoms with Crippen molar-refractivity contribution >= 4 is 5.78 Å². The van der Waals surface area contributed by atoms with Crippen LogP contribution in [0.1, 0.15) is 27.0 Å². The highest BCUT2D eigenvalue weighted by Crippen LogP contribution is 2.17. The molecule has 1 atom stereocenters. The van der Waals surface area contributed by atoms with Gasteiger partial charge in [0.1, 0.15) is 0 Å². The molecular formula is C16H23NO3. The number of morpholine rings is 1. The molecule has 0 saturated carbocycles. The van der Waals surface area contributed by atoms with Gasteiger partial charge in [0, 0.05) is 12.1 Å². The topological polar surface area (TPSA) is 49.8 Å². The second-order valence-corrected chi connectivity index (χ2v) is 5.56. The molecular weight excluding hydrogens is 254 g/mol. The van der Waals surface area contributed by atoms with E-state index in [1.165, 1.54) is 5.56 Å². The van der Waals surface area contributed by atoms with Gasteiger partial charge in [0.25, 0.3) is 0 Å². The molecule has 1 saturated heterocycles. The van der Waals surface area contributed by atoms with Crippen LogP contribution >= 0.6 is 0 Å². The third-order valence-electron chi connectivity index (χ3n) is 4.05. The lowest BCUT2D eigenvalue weighted by Crippen LogP contribution is -2.49. The third-order valence-corrected chi connectivity index (χ3v) is 4.05. The molecule has 20 heavy (non-hydrogen) atoms. The Morgan fingerprint density at radius 2 is 2.00 bits per heavy atom. The molecule has 1 aliphatic heterocycles. The van der Waals surface area contributed by atoms with Crippen LogP contribution in [-0.4, -0.2) is 54.7 Å². The highest BCUT2D eigenvalue weighted by Gasteiger charge is 2.25. The van der Waals surface area contributed by atoms with Crippen LogP contribution in [0.4, 0.5) is 0 Å². The lowest BCUT2D eigenvalue weighted by Gasteiger charge is -2.33. The Morgan fingerprint density at radius 3 is 2.70 bits per heavy atom. The summed E-state index contributed by atoms with van der Waals surface area (Å²) in [7, 11) is 0. The molecule has 1 aromatic rings. The van der Waals surface area contributed by atoms with Crippen LogP contribution in [0.15, 0.2) is 12.1 Å². The summed E-state index contributed by atoms with van der Waals surface area (Å²) in [5.74, 6) is 0.117. The summed E-state index contributed by atoms with van der Waals surface area (Å²) in [5, 5.41) is 9.35. The van der Waals surface area contributed by atoms with E-state index in [9.17, 15) is 9.90 Å². The van der Waals surface area contributed by atoms with Gasteiger partial charge < -0.3 is 9.84 Å². The fraction of sp³-hybridized carbons (Fsp3) is 0.562. The fourth-order valence-electron chi connectivity index (χ4n) is 2.60. The molecule has 0 spiro atoms. The van der Waals surface area contributed by atoms with E-state index in [2.05, 4.69) is 13.0 Å². The molecule has 1 aromatic carbocycles. The molecule has 2 rings (SSSR count). The van der Waals surface area contributed by atoms with Crippen LogP contribution in [0.3, 0.4) is 0 Å². The monoisotopic (exact) mass is 277 g/mol. The van der Waals surface area contributed by atoms with E-state index in [1.807, 2.05) is 24.8 Å². The molecule has 0 aliphatic carbocycles. The number of carbonyl (C=O) groups is 1. The molecule has 1 fully saturated rings. The number of benzene rings is 1. The predicted molar refractivity (Wildman–Crippen MR) is 78.2 cm³/mol. The second-order valence-electron chi connectivity index (χ2n) is 5.56. The fourth-order valence-corrected chi connectivity index (χ4v) is 2.60. The minimum atomic E-state index is -0.0699. The van der Waals surface area contributed by atoms with Crippen molar-refractivity contribution < 1.29 is 14.6 Å². The highest BCUT2D eigenvalue weighted by molar-refractivity contribution is 5.99. The summed E-state index contributed by atoms with van der Waals surface area (Å²) in [6.45, 7) is 8.24. The van der Waals surface area contributed by atoms with Crippen LogP contribution in [-0.2, 0) is 4.74 Å². The number of nitrogens with zero attached hydrogens (tertiary/aromatic N) is 1. The number of carbonyl (C=O) groups excluding carboxylic acids is 1. The average molecular weight is 277 g/mol. The Bertz CT molecular complexity index is 499. The number of aryl methyl sites for hydroxylation is 3. The quantitative estimate of drug-likeness (QED) is 0.847. The molecule has 4 heteroatoms. The van der Waals surface area contributed by atoms with Crippen LogP contribution in [0.5, 0.6) is 0 Å². The Balaban J connectivity index is 2.13. The number of ether oxygens (including phenoxy) is 1. The zero-order valence-electron chi connectivity index (χ0n) is 12.5. The van der Waals surface area contributed by atoms with Crippen molar-refractivity contribution in [2.45, 2.75) is 26.8 Å². The third kappa shape index (κ3) is 3.26. The molecule has 0 radical (unpaired) electrons. The van der Waals surface area contributed by atoms with Crippen molar-refractivity contribution in [2.24, 2.45) is 0 Å². The zero-order valence-corrected chi connectivity index (χ0v) is 12.5. The normalized spacial score (nSPS) is 20.1. The summed E-state index contributed by atoms with van der Waals surface area (Å²) in [6.07, 6.45) is 0. The smallest absolute Gasteiger partial charge is 0.177 e.